The molecule has 7 heteroatoms. The maximum absolute atomic E-state index is 5.47. The summed E-state index contributed by atoms with van der Waals surface area (Å²) < 4.78 is 5.47. The van der Waals surface area contributed by atoms with Gasteiger partial charge in [-0.05, 0) is 25.2 Å². The summed E-state index contributed by atoms with van der Waals surface area (Å²) in [6, 6.07) is 5.96. The van der Waals surface area contributed by atoms with Gasteiger partial charge in [0.2, 0.25) is 5.95 Å². The number of rotatable bonds is 4. The number of anilines is 2. The molecule has 148 valence electrons. The van der Waals surface area contributed by atoms with Gasteiger partial charge >= 0.3 is 0 Å². The van der Waals surface area contributed by atoms with Gasteiger partial charge in [-0.3, -0.25) is 4.98 Å². The van der Waals surface area contributed by atoms with Crippen LogP contribution in [0.25, 0.3) is 10.9 Å². The average Bonchev–Trinajstić information content (AvgIpc) is 3.19. The lowest BCUT2D eigenvalue weighted by molar-refractivity contribution is 0.311. The Balaban J connectivity index is 1.73. The van der Waals surface area contributed by atoms with Crippen LogP contribution in [0.3, 0.4) is 0 Å². The van der Waals surface area contributed by atoms with Crippen LogP contribution < -0.4 is 10.2 Å². The van der Waals surface area contributed by atoms with Gasteiger partial charge in [0.05, 0.1) is 24.5 Å². The molecule has 1 fully saturated rings. The molecule has 4 rings (SSSR count). The Morgan fingerprint density at radius 2 is 1.93 bits per heavy atom. The number of nitrogens with one attached hydrogen (secondary N) is 1. The molecule has 1 aliphatic heterocycles. The first-order valence-electron chi connectivity index (χ1n) is 9.78. The lowest BCUT2D eigenvalue weighted by atomic mass is 9.91. The van der Waals surface area contributed by atoms with Crippen LogP contribution in [-0.2, 0) is 12.0 Å². The topological polar surface area (TPSA) is 70.3 Å². The molecule has 7 nitrogen and oxygen atoms in total. The van der Waals surface area contributed by atoms with Crippen molar-refractivity contribution in [1.29, 1.82) is 0 Å². The predicted octanol–water partition coefficient (Wildman–Crippen LogP) is 3.28. The van der Waals surface area contributed by atoms with Crippen LogP contribution in [0.2, 0.25) is 0 Å². The highest BCUT2D eigenvalue weighted by atomic mass is 16.3. The van der Waals surface area contributed by atoms with Crippen molar-refractivity contribution in [2.45, 2.75) is 32.7 Å². The Labute approximate surface area is 165 Å². The minimum atomic E-state index is -0.0391. The molecule has 0 aromatic carbocycles. The summed E-state index contributed by atoms with van der Waals surface area (Å²) in [5.41, 5.74) is 1.85. The predicted molar refractivity (Wildman–Crippen MR) is 112 cm³/mol. The van der Waals surface area contributed by atoms with Crippen LogP contribution in [-0.4, -0.2) is 53.1 Å². The molecule has 3 aromatic heterocycles. The largest absolute Gasteiger partial charge is 0.467 e. The van der Waals surface area contributed by atoms with Crippen molar-refractivity contribution in [2.24, 2.45) is 0 Å². The molecule has 1 N–H and O–H groups in total. The van der Waals surface area contributed by atoms with E-state index in [-0.39, 0.29) is 5.41 Å². The highest BCUT2D eigenvalue weighted by Crippen LogP contribution is 2.29. The molecule has 0 aliphatic carbocycles. The molecule has 0 radical (unpaired) electrons. The number of piperazine rings is 1. The lowest BCUT2D eigenvalue weighted by Gasteiger charge is -2.32. The number of fused-ring (bicyclic) bond motifs is 1. The van der Waals surface area contributed by atoms with E-state index in [1.807, 2.05) is 18.3 Å². The zero-order valence-electron chi connectivity index (χ0n) is 17.1. The van der Waals surface area contributed by atoms with Gasteiger partial charge in [0.25, 0.3) is 0 Å². The number of furan rings is 1. The van der Waals surface area contributed by atoms with E-state index < -0.39 is 0 Å². The second-order valence-corrected chi connectivity index (χ2v) is 8.43. The van der Waals surface area contributed by atoms with Crippen molar-refractivity contribution in [3.63, 3.8) is 0 Å². The Morgan fingerprint density at radius 1 is 1.14 bits per heavy atom. The standard InChI is InChI=1S/C21H28N6O/c1-21(2,3)18-12-16-17(14-22-18)24-20(27-9-7-26(4)8-10-27)25-19(16)23-13-15-6-5-11-28-15/h5-6,11-12,14H,7-10,13H2,1-4H3,(H,23,24,25). The van der Waals surface area contributed by atoms with Crippen molar-refractivity contribution in [3.8, 4) is 0 Å². The van der Waals surface area contributed by atoms with E-state index in [0.717, 1.165) is 60.3 Å². The summed E-state index contributed by atoms with van der Waals surface area (Å²) in [5, 5.41) is 4.44. The number of aromatic nitrogens is 3. The lowest BCUT2D eigenvalue weighted by Crippen LogP contribution is -2.45. The monoisotopic (exact) mass is 380 g/mol. The minimum Gasteiger partial charge on any atom is -0.467 e. The minimum absolute atomic E-state index is 0.0391. The van der Waals surface area contributed by atoms with E-state index in [1.54, 1.807) is 6.26 Å². The third-order valence-electron chi connectivity index (χ3n) is 5.14. The molecule has 28 heavy (non-hydrogen) atoms. The molecule has 0 unspecified atom stereocenters. The molecular weight excluding hydrogens is 352 g/mol. The number of hydrogen-bond donors (Lipinski definition) is 1. The highest BCUT2D eigenvalue weighted by Gasteiger charge is 2.21. The Kier molecular flexibility index (Phi) is 4.93. The molecule has 0 atom stereocenters. The van der Waals surface area contributed by atoms with Crippen molar-refractivity contribution >= 4 is 22.7 Å². The van der Waals surface area contributed by atoms with E-state index >= 15 is 0 Å². The van der Waals surface area contributed by atoms with Gasteiger partial charge in [0.1, 0.15) is 11.6 Å². The van der Waals surface area contributed by atoms with Crippen molar-refractivity contribution in [1.82, 2.24) is 19.9 Å². The fourth-order valence-electron chi connectivity index (χ4n) is 3.30. The number of hydrogen-bond acceptors (Lipinski definition) is 7. The first-order chi connectivity index (χ1) is 13.4. The summed E-state index contributed by atoms with van der Waals surface area (Å²) in [6.45, 7) is 10.9. The van der Waals surface area contributed by atoms with E-state index in [9.17, 15) is 0 Å². The maximum atomic E-state index is 5.47. The molecule has 1 saturated heterocycles. The first kappa shape index (κ1) is 18.7. The van der Waals surface area contributed by atoms with Crippen LogP contribution in [0.5, 0.6) is 0 Å². The van der Waals surface area contributed by atoms with Crippen molar-refractivity contribution in [3.05, 3.63) is 42.1 Å². The van der Waals surface area contributed by atoms with Gasteiger partial charge in [-0.2, -0.15) is 4.98 Å². The zero-order chi connectivity index (χ0) is 19.7. The van der Waals surface area contributed by atoms with Crippen LogP contribution in [0.1, 0.15) is 32.2 Å². The van der Waals surface area contributed by atoms with Gasteiger partial charge < -0.3 is 19.5 Å². The van der Waals surface area contributed by atoms with Gasteiger partial charge in [-0.25, -0.2) is 4.98 Å². The fraction of sp³-hybridized carbons (Fsp3) is 0.476. The third kappa shape index (κ3) is 3.94. The van der Waals surface area contributed by atoms with Crippen LogP contribution >= 0.6 is 0 Å². The molecule has 0 amide bonds. The molecular formula is C21H28N6O. The second-order valence-electron chi connectivity index (χ2n) is 8.43. The molecule has 0 spiro atoms. The second kappa shape index (κ2) is 7.39. The van der Waals surface area contributed by atoms with Crippen LogP contribution in [0.15, 0.2) is 35.1 Å². The fourth-order valence-corrected chi connectivity index (χ4v) is 3.30. The quantitative estimate of drug-likeness (QED) is 0.745. The van der Waals surface area contributed by atoms with Crippen molar-refractivity contribution < 1.29 is 4.42 Å². The normalized spacial score (nSPS) is 15.9. The average molecular weight is 380 g/mol. The van der Waals surface area contributed by atoms with E-state index in [2.05, 4.69) is 54.0 Å². The molecule has 4 heterocycles. The maximum Gasteiger partial charge on any atom is 0.228 e. The SMILES string of the molecule is CN1CCN(c2nc(NCc3ccco3)c3cc(C(C)(C)C)ncc3n2)CC1. The molecule has 3 aromatic rings. The van der Waals surface area contributed by atoms with Gasteiger partial charge in [0.15, 0.2) is 0 Å². The van der Waals surface area contributed by atoms with Crippen LogP contribution in [0.4, 0.5) is 11.8 Å². The number of nitrogens with zero attached hydrogens (tertiary/aromatic N) is 5. The summed E-state index contributed by atoms with van der Waals surface area (Å²) >= 11 is 0. The Bertz CT molecular complexity index is 939. The van der Waals surface area contributed by atoms with Gasteiger partial charge in [0, 0.05) is 42.7 Å². The van der Waals surface area contributed by atoms with E-state index in [0.29, 0.717) is 6.54 Å². The first-order valence-corrected chi connectivity index (χ1v) is 9.78. The summed E-state index contributed by atoms with van der Waals surface area (Å²) in [7, 11) is 2.15. The van der Waals surface area contributed by atoms with E-state index in [1.165, 1.54) is 0 Å². The smallest absolute Gasteiger partial charge is 0.228 e. The third-order valence-corrected chi connectivity index (χ3v) is 5.14. The Hall–Kier alpha value is -2.67. The summed E-state index contributed by atoms with van der Waals surface area (Å²) in [4.78, 5) is 18.9. The zero-order valence-corrected chi connectivity index (χ0v) is 17.1. The molecule has 1 aliphatic rings. The van der Waals surface area contributed by atoms with Gasteiger partial charge in [-0.1, -0.05) is 20.8 Å². The number of likely N-dealkylation sites (N-methyl/N-ethyl adjacent to an activating group) is 1. The molecule has 0 saturated carbocycles. The Morgan fingerprint density at radius 3 is 2.61 bits per heavy atom. The summed E-state index contributed by atoms with van der Waals surface area (Å²) in [6.07, 6.45) is 3.56. The van der Waals surface area contributed by atoms with Gasteiger partial charge in [-0.15, -0.1) is 0 Å². The highest BCUT2D eigenvalue weighted by molar-refractivity contribution is 5.90. The van der Waals surface area contributed by atoms with Crippen molar-refractivity contribution in [2.75, 3.05) is 43.4 Å². The summed E-state index contributed by atoms with van der Waals surface area (Å²) in [5.74, 6) is 2.45. The molecule has 0 bridgehead atoms. The van der Waals surface area contributed by atoms with Crippen LogP contribution in [0, 0.1) is 0 Å². The van der Waals surface area contributed by atoms with E-state index in [4.69, 9.17) is 14.4 Å². The number of pyridine rings is 1.